The van der Waals surface area contributed by atoms with Crippen LogP contribution < -0.4 is 10.1 Å². The first-order chi connectivity index (χ1) is 7.66. The highest BCUT2D eigenvalue weighted by Crippen LogP contribution is 2.36. The number of nitrogens with one attached hydrogen (secondary N) is 1. The molecule has 0 bridgehead atoms. The van der Waals surface area contributed by atoms with Crippen molar-refractivity contribution < 1.29 is 4.74 Å². The highest BCUT2D eigenvalue weighted by Gasteiger charge is 2.16. The molecule has 0 spiro atoms. The van der Waals surface area contributed by atoms with Crippen molar-refractivity contribution in [2.75, 3.05) is 19.7 Å². The zero-order chi connectivity index (χ0) is 11.5. The summed E-state index contributed by atoms with van der Waals surface area (Å²) in [5, 5.41) is 3.26. The van der Waals surface area contributed by atoms with Crippen LogP contribution in [0.15, 0.2) is 25.6 Å². The molecule has 1 aliphatic heterocycles. The Kier molecular flexibility index (Phi) is 4.70. The number of benzene rings is 1. The number of halogens is 3. The minimum absolute atomic E-state index is 0.769. The summed E-state index contributed by atoms with van der Waals surface area (Å²) in [5.74, 6) is 1.67. The van der Waals surface area contributed by atoms with Gasteiger partial charge in [0.25, 0.3) is 0 Å². The second-order valence-electron chi connectivity index (χ2n) is 3.86. The molecule has 1 heterocycles. The molecule has 16 heavy (non-hydrogen) atoms. The van der Waals surface area contributed by atoms with E-state index >= 15 is 0 Å². The maximum absolute atomic E-state index is 5.79. The second kappa shape index (κ2) is 5.85. The molecular weight excluding hydrogens is 402 g/mol. The third kappa shape index (κ3) is 3.22. The van der Waals surface area contributed by atoms with Gasteiger partial charge in [0.05, 0.1) is 15.6 Å². The van der Waals surface area contributed by atoms with Crippen LogP contribution in [-0.4, -0.2) is 19.7 Å². The molecule has 1 N–H and O–H groups in total. The fourth-order valence-electron chi connectivity index (χ4n) is 1.55. The third-order valence-electron chi connectivity index (χ3n) is 2.60. The molecule has 0 atom stereocenters. The fraction of sp³-hybridized carbons (Fsp3) is 0.455. The van der Waals surface area contributed by atoms with Gasteiger partial charge in [-0.1, -0.05) is 15.9 Å². The Balaban J connectivity index is 1.92. The van der Waals surface area contributed by atoms with E-state index in [4.69, 9.17) is 4.74 Å². The lowest BCUT2D eigenvalue weighted by Gasteiger charge is -2.27. The van der Waals surface area contributed by atoms with Crippen molar-refractivity contribution in [3.8, 4) is 5.75 Å². The summed E-state index contributed by atoms with van der Waals surface area (Å²) in [4.78, 5) is 0. The predicted molar refractivity (Wildman–Crippen MR) is 76.0 cm³/mol. The highest BCUT2D eigenvalue weighted by atomic mass is 79.9. The topological polar surface area (TPSA) is 21.3 Å². The van der Waals surface area contributed by atoms with E-state index in [2.05, 4.69) is 53.1 Å². The summed E-state index contributed by atoms with van der Waals surface area (Å²) < 4.78 is 8.76. The Hall–Kier alpha value is 0.420. The first kappa shape index (κ1) is 12.9. The lowest BCUT2D eigenvalue weighted by Crippen LogP contribution is -2.42. The van der Waals surface area contributed by atoms with Crippen molar-refractivity contribution in [2.24, 2.45) is 5.92 Å². The maximum Gasteiger partial charge on any atom is 0.147 e. The van der Waals surface area contributed by atoms with Gasteiger partial charge in [0.2, 0.25) is 0 Å². The monoisotopic (exact) mass is 411 g/mol. The lowest BCUT2D eigenvalue weighted by atomic mass is 10.0. The van der Waals surface area contributed by atoms with E-state index in [9.17, 15) is 0 Å². The van der Waals surface area contributed by atoms with E-state index in [0.717, 1.165) is 51.2 Å². The van der Waals surface area contributed by atoms with Gasteiger partial charge in [-0.15, -0.1) is 0 Å². The number of hydrogen-bond donors (Lipinski definition) is 1. The Labute approximate surface area is 121 Å². The van der Waals surface area contributed by atoms with E-state index in [1.54, 1.807) is 0 Å². The quantitative estimate of drug-likeness (QED) is 0.806. The van der Waals surface area contributed by atoms with Crippen molar-refractivity contribution in [1.82, 2.24) is 5.32 Å². The molecule has 0 unspecified atom stereocenters. The Bertz CT molecular complexity index is 356. The van der Waals surface area contributed by atoms with Gasteiger partial charge in [-0.25, -0.2) is 0 Å². The summed E-state index contributed by atoms with van der Waals surface area (Å²) in [6, 6.07) is 3.98. The Morgan fingerprint density at radius 1 is 1.19 bits per heavy atom. The first-order valence-electron chi connectivity index (χ1n) is 5.15. The third-order valence-corrected chi connectivity index (χ3v) is 4.24. The Morgan fingerprint density at radius 3 is 2.31 bits per heavy atom. The van der Waals surface area contributed by atoms with Crippen molar-refractivity contribution in [3.05, 3.63) is 25.6 Å². The zero-order valence-electron chi connectivity index (χ0n) is 8.60. The summed E-state index contributed by atoms with van der Waals surface area (Å²) in [6.07, 6.45) is 1.11. The largest absolute Gasteiger partial charge is 0.491 e. The van der Waals surface area contributed by atoms with Crippen LogP contribution in [0.3, 0.4) is 0 Å². The van der Waals surface area contributed by atoms with Gasteiger partial charge in [0.1, 0.15) is 5.75 Å². The second-order valence-corrected chi connectivity index (χ2v) is 6.48. The van der Waals surface area contributed by atoms with Crippen LogP contribution in [0.1, 0.15) is 6.42 Å². The van der Waals surface area contributed by atoms with Crippen LogP contribution in [0.2, 0.25) is 0 Å². The van der Waals surface area contributed by atoms with E-state index in [-0.39, 0.29) is 0 Å². The minimum atomic E-state index is 0.769. The van der Waals surface area contributed by atoms with Crippen molar-refractivity contribution in [1.29, 1.82) is 0 Å². The number of hydrogen-bond acceptors (Lipinski definition) is 2. The molecule has 1 aromatic rings. The van der Waals surface area contributed by atoms with Crippen LogP contribution in [0.25, 0.3) is 0 Å². The molecule has 1 fully saturated rings. The van der Waals surface area contributed by atoms with Crippen LogP contribution in [0, 0.1) is 5.92 Å². The number of ether oxygens (including phenoxy) is 1. The first-order valence-corrected chi connectivity index (χ1v) is 7.53. The van der Waals surface area contributed by atoms with Gasteiger partial charge in [0.15, 0.2) is 0 Å². The van der Waals surface area contributed by atoms with Gasteiger partial charge in [0, 0.05) is 4.47 Å². The summed E-state index contributed by atoms with van der Waals surface area (Å²) in [5.41, 5.74) is 0. The van der Waals surface area contributed by atoms with Crippen LogP contribution in [0.4, 0.5) is 0 Å². The Morgan fingerprint density at radius 2 is 1.81 bits per heavy atom. The van der Waals surface area contributed by atoms with Gasteiger partial charge in [-0.2, -0.15) is 0 Å². The lowest BCUT2D eigenvalue weighted by molar-refractivity contribution is 0.236. The van der Waals surface area contributed by atoms with Gasteiger partial charge in [-0.3, -0.25) is 0 Å². The molecule has 0 aliphatic carbocycles. The molecule has 5 heteroatoms. The molecule has 88 valence electrons. The standard InChI is InChI=1S/C11H12Br3NO/c12-8-3-9(13)11(10(14)4-8)16-2-1-7-5-15-6-7/h3-4,7,15H,1-2,5-6H2. The molecule has 0 amide bonds. The van der Waals surface area contributed by atoms with Gasteiger partial charge >= 0.3 is 0 Å². The SMILES string of the molecule is Brc1cc(Br)c(OCCC2CNC2)c(Br)c1. The zero-order valence-corrected chi connectivity index (χ0v) is 13.4. The van der Waals surface area contributed by atoms with Crippen molar-refractivity contribution in [2.45, 2.75) is 6.42 Å². The smallest absolute Gasteiger partial charge is 0.147 e. The van der Waals surface area contributed by atoms with E-state index in [1.165, 1.54) is 0 Å². The summed E-state index contributed by atoms with van der Waals surface area (Å²) >= 11 is 10.4. The summed E-state index contributed by atoms with van der Waals surface area (Å²) in [6.45, 7) is 3.03. The number of rotatable bonds is 4. The average molecular weight is 414 g/mol. The molecule has 0 radical (unpaired) electrons. The molecule has 0 saturated carbocycles. The van der Waals surface area contributed by atoms with E-state index in [0.29, 0.717) is 0 Å². The van der Waals surface area contributed by atoms with Gasteiger partial charge < -0.3 is 10.1 Å². The molecule has 2 rings (SSSR count). The minimum Gasteiger partial charge on any atom is -0.491 e. The van der Waals surface area contributed by atoms with Crippen molar-refractivity contribution >= 4 is 47.8 Å². The van der Waals surface area contributed by atoms with E-state index < -0.39 is 0 Å². The molecule has 1 aromatic carbocycles. The fourth-order valence-corrected chi connectivity index (χ4v) is 4.03. The molecule has 2 nitrogen and oxygen atoms in total. The van der Waals surface area contributed by atoms with Crippen molar-refractivity contribution in [3.63, 3.8) is 0 Å². The maximum atomic E-state index is 5.79. The normalized spacial score (nSPS) is 15.9. The average Bonchev–Trinajstić information content (AvgIpc) is 2.12. The molecule has 0 aromatic heterocycles. The summed E-state index contributed by atoms with van der Waals surface area (Å²) in [7, 11) is 0. The molecular formula is C11H12Br3NO. The van der Waals surface area contributed by atoms with E-state index in [1.807, 2.05) is 12.1 Å². The predicted octanol–water partition coefficient (Wildman–Crippen LogP) is 3.96. The van der Waals surface area contributed by atoms with Crippen LogP contribution in [-0.2, 0) is 0 Å². The van der Waals surface area contributed by atoms with Crippen LogP contribution >= 0.6 is 47.8 Å². The van der Waals surface area contributed by atoms with Crippen LogP contribution in [0.5, 0.6) is 5.75 Å². The van der Waals surface area contributed by atoms with Gasteiger partial charge in [-0.05, 0) is 69.4 Å². The highest BCUT2D eigenvalue weighted by molar-refractivity contribution is 9.11. The molecule has 1 aliphatic rings. The molecule has 1 saturated heterocycles.